The topological polar surface area (TPSA) is 76.5 Å². The average molecular weight is 373 g/mol. The highest BCUT2D eigenvalue weighted by Crippen LogP contribution is 2.27. The van der Waals surface area contributed by atoms with Crippen LogP contribution in [0.25, 0.3) is 28.0 Å². The summed E-state index contributed by atoms with van der Waals surface area (Å²) in [5, 5.41) is 4.49. The Bertz CT molecular complexity index is 1240. The number of carbonyl (C=O) groups is 1. The summed E-state index contributed by atoms with van der Waals surface area (Å²) < 4.78 is 6.47. The maximum absolute atomic E-state index is 13.3. The number of rotatable bonds is 4. The van der Waals surface area contributed by atoms with E-state index in [1.165, 1.54) is 11.4 Å². The Morgan fingerprint density at radius 3 is 2.32 bits per heavy atom. The van der Waals surface area contributed by atoms with Gasteiger partial charge in [-0.3, -0.25) is 9.59 Å². The fourth-order valence-corrected chi connectivity index (χ4v) is 3.42. The van der Waals surface area contributed by atoms with Gasteiger partial charge in [-0.15, -0.1) is 0 Å². The Morgan fingerprint density at radius 2 is 1.71 bits per heavy atom. The zero-order chi connectivity index (χ0) is 19.8. The van der Waals surface area contributed by atoms with Gasteiger partial charge in [0, 0.05) is 11.3 Å². The van der Waals surface area contributed by atoms with Crippen LogP contribution in [-0.4, -0.2) is 27.5 Å². The summed E-state index contributed by atoms with van der Waals surface area (Å²) >= 11 is 0. The Kier molecular flexibility index (Phi) is 4.31. The molecule has 140 valence electrons. The van der Waals surface area contributed by atoms with Crippen molar-refractivity contribution < 1.29 is 9.53 Å². The van der Waals surface area contributed by atoms with Crippen molar-refractivity contribution in [2.45, 2.75) is 13.8 Å². The number of H-pyrrole nitrogens is 1. The van der Waals surface area contributed by atoms with Crippen molar-refractivity contribution in [2.24, 2.45) is 0 Å². The third-order valence-corrected chi connectivity index (χ3v) is 4.75. The number of benzene rings is 2. The van der Waals surface area contributed by atoms with Crippen molar-refractivity contribution >= 4 is 11.4 Å². The molecule has 0 unspecified atom stereocenters. The predicted molar refractivity (Wildman–Crippen MR) is 108 cm³/mol. The molecule has 4 rings (SSSR count). The molecule has 28 heavy (non-hydrogen) atoms. The number of carbonyl (C=O) groups excluding carboxylic acids is 1. The highest BCUT2D eigenvalue weighted by Gasteiger charge is 2.22. The maximum Gasteiger partial charge on any atom is 0.282 e. The molecule has 0 radical (unpaired) electrons. The van der Waals surface area contributed by atoms with Crippen molar-refractivity contribution in [3.63, 3.8) is 0 Å². The first-order chi connectivity index (χ1) is 13.5. The molecule has 4 aromatic rings. The number of nitrogens with zero attached hydrogens (tertiary/aromatic N) is 2. The SMILES string of the molecule is COc1ccc(-c2c(C)[nH]c3c(C(C)=O)c(-c4ccccc4)nn3c2=O)cc1. The predicted octanol–water partition coefficient (Wildman–Crippen LogP) is 3.88. The minimum atomic E-state index is -0.277. The number of fused-ring (bicyclic) bond motifs is 1. The van der Waals surface area contributed by atoms with Crippen LogP contribution in [-0.2, 0) is 0 Å². The van der Waals surface area contributed by atoms with Gasteiger partial charge in [0.2, 0.25) is 0 Å². The second-order valence-corrected chi connectivity index (χ2v) is 6.56. The highest BCUT2D eigenvalue weighted by atomic mass is 16.5. The number of aromatic amines is 1. The summed E-state index contributed by atoms with van der Waals surface area (Å²) in [4.78, 5) is 28.8. The van der Waals surface area contributed by atoms with E-state index in [-0.39, 0.29) is 11.3 Å². The fraction of sp³-hybridized carbons (Fsp3) is 0.136. The van der Waals surface area contributed by atoms with Gasteiger partial charge in [0.05, 0.1) is 18.2 Å². The van der Waals surface area contributed by atoms with E-state index in [0.29, 0.717) is 33.9 Å². The summed E-state index contributed by atoms with van der Waals surface area (Å²) in [6.07, 6.45) is 0. The molecule has 0 aliphatic heterocycles. The molecule has 6 nitrogen and oxygen atoms in total. The van der Waals surface area contributed by atoms with E-state index in [1.807, 2.05) is 49.4 Å². The minimum absolute atomic E-state index is 0.152. The van der Waals surface area contributed by atoms with E-state index in [9.17, 15) is 9.59 Å². The molecule has 6 heteroatoms. The molecule has 2 aromatic carbocycles. The summed E-state index contributed by atoms with van der Waals surface area (Å²) in [5.41, 5.74) is 3.75. The molecule has 2 heterocycles. The van der Waals surface area contributed by atoms with E-state index in [2.05, 4.69) is 10.1 Å². The van der Waals surface area contributed by atoms with Crippen LogP contribution in [0.2, 0.25) is 0 Å². The van der Waals surface area contributed by atoms with E-state index >= 15 is 0 Å². The summed E-state index contributed by atoms with van der Waals surface area (Å²) in [6.45, 7) is 3.30. The Morgan fingerprint density at radius 1 is 1.04 bits per heavy atom. The van der Waals surface area contributed by atoms with E-state index in [1.54, 1.807) is 19.2 Å². The van der Waals surface area contributed by atoms with E-state index in [0.717, 1.165) is 11.1 Å². The van der Waals surface area contributed by atoms with Gasteiger partial charge in [-0.05, 0) is 31.5 Å². The lowest BCUT2D eigenvalue weighted by Gasteiger charge is -2.08. The molecule has 0 spiro atoms. The molecule has 0 fully saturated rings. The first kappa shape index (κ1) is 17.7. The third-order valence-electron chi connectivity index (χ3n) is 4.75. The zero-order valence-corrected chi connectivity index (χ0v) is 15.8. The van der Waals surface area contributed by atoms with Crippen molar-refractivity contribution in [1.82, 2.24) is 14.6 Å². The van der Waals surface area contributed by atoms with Crippen molar-refractivity contribution in [3.05, 3.63) is 76.2 Å². The first-order valence-corrected chi connectivity index (χ1v) is 8.87. The lowest BCUT2D eigenvalue weighted by atomic mass is 10.0. The van der Waals surface area contributed by atoms with Crippen molar-refractivity contribution in [2.75, 3.05) is 7.11 Å². The second kappa shape index (κ2) is 6.81. The van der Waals surface area contributed by atoms with Crippen LogP contribution in [0.1, 0.15) is 23.0 Å². The van der Waals surface area contributed by atoms with Gasteiger partial charge in [-0.2, -0.15) is 9.61 Å². The van der Waals surface area contributed by atoms with Gasteiger partial charge >= 0.3 is 0 Å². The molecule has 2 aromatic heterocycles. The largest absolute Gasteiger partial charge is 0.497 e. The normalized spacial score (nSPS) is 11.0. The minimum Gasteiger partial charge on any atom is -0.497 e. The Balaban J connectivity index is 2.01. The van der Waals surface area contributed by atoms with Gasteiger partial charge in [-0.1, -0.05) is 42.5 Å². The number of hydrogen-bond donors (Lipinski definition) is 1. The number of Topliss-reactive ketones (excluding diaryl/α,β-unsaturated/α-hetero) is 1. The molecule has 0 atom stereocenters. The van der Waals surface area contributed by atoms with E-state index in [4.69, 9.17) is 4.74 Å². The van der Waals surface area contributed by atoms with Crippen LogP contribution in [0.5, 0.6) is 5.75 Å². The van der Waals surface area contributed by atoms with Crippen LogP contribution >= 0.6 is 0 Å². The van der Waals surface area contributed by atoms with Crippen LogP contribution in [0, 0.1) is 6.92 Å². The molecule has 0 saturated carbocycles. The second-order valence-electron chi connectivity index (χ2n) is 6.56. The quantitative estimate of drug-likeness (QED) is 0.551. The lowest BCUT2D eigenvalue weighted by molar-refractivity contribution is 0.101. The van der Waals surface area contributed by atoms with Gasteiger partial charge in [-0.25, -0.2) is 0 Å². The summed E-state index contributed by atoms with van der Waals surface area (Å²) in [5.74, 6) is 0.560. The zero-order valence-electron chi connectivity index (χ0n) is 15.8. The first-order valence-electron chi connectivity index (χ1n) is 8.87. The number of ether oxygens (including phenoxy) is 1. The van der Waals surface area contributed by atoms with Crippen LogP contribution in [0.4, 0.5) is 0 Å². The van der Waals surface area contributed by atoms with E-state index < -0.39 is 0 Å². The molecule has 0 aliphatic rings. The Labute approximate surface area is 161 Å². The number of aromatic nitrogens is 3. The highest BCUT2D eigenvalue weighted by molar-refractivity contribution is 6.05. The number of nitrogens with one attached hydrogen (secondary N) is 1. The fourth-order valence-electron chi connectivity index (χ4n) is 3.42. The smallest absolute Gasteiger partial charge is 0.282 e. The standard InChI is InChI=1S/C22H19N3O3/c1-13-18(15-9-11-17(28-3)12-10-15)22(27)25-21(23-13)19(14(2)26)20(24-25)16-7-5-4-6-8-16/h4-12,23H,1-3H3. The summed E-state index contributed by atoms with van der Waals surface area (Å²) in [7, 11) is 1.59. The molecule has 0 saturated heterocycles. The molecular weight excluding hydrogens is 354 g/mol. The number of hydrogen-bond acceptors (Lipinski definition) is 4. The number of ketones is 1. The Hall–Kier alpha value is -3.67. The molecule has 0 bridgehead atoms. The molecule has 0 amide bonds. The number of methoxy groups -OCH3 is 1. The van der Waals surface area contributed by atoms with Crippen LogP contribution < -0.4 is 10.3 Å². The molecule has 1 N–H and O–H groups in total. The molecule has 0 aliphatic carbocycles. The van der Waals surface area contributed by atoms with Gasteiger partial charge in [0.15, 0.2) is 5.78 Å². The van der Waals surface area contributed by atoms with Crippen molar-refractivity contribution in [1.29, 1.82) is 0 Å². The maximum atomic E-state index is 13.3. The van der Waals surface area contributed by atoms with Crippen molar-refractivity contribution in [3.8, 4) is 28.1 Å². The van der Waals surface area contributed by atoms with Crippen LogP contribution in [0.3, 0.4) is 0 Å². The summed E-state index contributed by atoms with van der Waals surface area (Å²) in [6, 6.07) is 16.6. The monoisotopic (exact) mass is 373 g/mol. The van der Waals surface area contributed by atoms with Gasteiger partial charge < -0.3 is 9.72 Å². The molecular formula is C22H19N3O3. The van der Waals surface area contributed by atoms with Gasteiger partial charge in [0.1, 0.15) is 17.1 Å². The van der Waals surface area contributed by atoms with Gasteiger partial charge in [0.25, 0.3) is 5.56 Å². The number of aryl methyl sites for hydroxylation is 1. The third kappa shape index (κ3) is 2.79. The average Bonchev–Trinajstić information content (AvgIpc) is 3.09. The lowest BCUT2D eigenvalue weighted by Crippen LogP contribution is -2.19. The van der Waals surface area contributed by atoms with Crippen LogP contribution in [0.15, 0.2) is 59.4 Å².